The summed E-state index contributed by atoms with van der Waals surface area (Å²) < 4.78 is 67.5. The molecule has 3 heterocycles. The number of carbonyl (C=O) groups excluding carboxylic acids is 1. The molecule has 0 spiro atoms. The predicted molar refractivity (Wildman–Crippen MR) is 136 cm³/mol. The van der Waals surface area contributed by atoms with Crippen molar-refractivity contribution in [3.63, 3.8) is 0 Å². The van der Waals surface area contributed by atoms with Crippen molar-refractivity contribution in [2.45, 2.75) is 63.7 Å². The van der Waals surface area contributed by atoms with Crippen LogP contribution in [-0.2, 0) is 23.4 Å². The number of rotatable bonds is 10. The van der Waals surface area contributed by atoms with Gasteiger partial charge in [-0.05, 0) is 39.8 Å². The van der Waals surface area contributed by atoms with Gasteiger partial charge in [0.25, 0.3) is 11.4 Å². The van der Waals surface area contributed by atoms with Crippen molar-refractivity contribution >= 4 is 30.8 Å². The lowest BCUT2D eigenvalue weighted by atomic mass is 9.97. The maximum Gasteiger partial charge on any atom is 0.459 e. The number of nitrogens with one attached hydrogen (secondary N) is 2. The summed E-state index contributed by atoms with van der Waals surface area (Å²) in [6.07, 6.45) is -3.91. The lowest BCUT2D eigenvalue weighted by molar-refractivity contribution is -0.202. The van der Waals surface area contributed by atoms with Crippen molar-refractivity contribution in [3.8, 4) is 5.75 Å². The predicted octanol–water partition coefficient (Wildman–Crippen LogP) is 2.12. The number of nitrogens with zero attached hydrogens (tertiary/aromatic N) is 3. The zero-order valence-electron chi connectivity index (χ0n) is 21.9. The summed E-state index contributed by atoms with van der Waals surface area (Å²) >= 11 is 0. The molecule has 4 rings (SSSR count). The third kappa shape index (κ3) is 5.86. The fraction of sp³-hybridized carbons (Fsp3) is 0.478. The Morgan fingerprint density at radius 1 is 1.32 bits per heavy atom. The van der Waals surface area contributed by atoms with Crippen LogP contribution in [0.25, 0.3) is 11.2 Å². The highest BCUT2D eigenvalue weighted by Gasteiger charge is 2.65. The number of hydrogen-bond donors (Lipinski definition) is 4. The van der Waals surface area contributed by atoms with E-state index in [4.69, 9.17) is 24.3 Å². The van der Waals surface area contributed by atoms with E-state index in [0.29, 0.717) is 0 Å². The number of H-pyrrole nitrogens is 1. The molecule has 1 fully saturated rings. The van der Waals surface area contributed by atoms with Crippen LogP contribution in [0.1, 0.15) is 33.9 Å². The summed E-state index contributed by atoms with van der Waals surface area (Å²) in [5.74, 6) is -4.37. The molecular formula is C23H29F2N6O8P. The summed E-state index contributed by atoms with van der Waals surface area (Å²) in [4.78, 5) is 34.4. The maximum absolute atomic E-state index is 16.1. The van der Waals surface area contributed by atoms with E-state index in [1.165, 1.54) is 19.1 Å². The highest BCUT2D eigenvalue weighted by molar-refractivity contribution is 7.52. The first kappa shape index (κ1) is 29.6. The van der Waals surface area contributed by atoms with Crippen LogP contribution in [0.5, 0.6) is 5.75 Å². The molecule has 5 N–H and O–H groups in total. The van der Waals surface area contributed by atoms with Crippen molar-refractivity contribution in [1.82, 2.24) is 24.6 Å². The number of anilines is 1. The first-order chi connectivity index (χ1) is 18.6. The molecule has 1 aliphatic rings. The molecule has 0 amide bonds. The Hall–Kier alpha value is -3.43. The molecule has 1 aromatic carbocycles. The van der Waals surface area contributed by atoms with Gasteiger partial charge in [-0.15, -0.1) is 0 Å². The van der Waals surface area contributed by atoms with Gasteiger partial charge in [0.2, 0.25) is 5.95 Å². The standard InChI is InChI=1S/C23H29F2N6O8P/c1-12(2)37-18(33)13(3)30-40(35,39-14-8-6-5-7-9-14)36-10-23(25)19(34)22(4,24)20(38-23)31-11-27-15-16(31)28-21(26)29-17(15)32/h5-9,11-13,19-20,34H,10H2,1-4H3,(H,30,35)(H3,26,28,29,32)/t13?,19-,20+,22+,23+,40?/m0/s1. The fourth-order valence-corrected chi connectivity index (χ4v) is 5.49. The van der Waals surface area contributed by atoms with Gasteiger partial charge < -0.3 is 24.8 Å². The second-order valence-electron chi connectivity index (χ2n) is 9.60. The number of esters is 1. The molecule has 2 unspecified atom stereocenters. The number of benzene rings is 1. The van der Waals surface area contributed by atoms with Gasteiger partial charge in [-0.1, -0.05) is 18.2 Å². The van der Waals surface area contributed by atoms with E-state index in [0.717, 1.165) is 17.8 Å². The number of alkyl halides is 2. The number of aliphatic hydroxyl groups excluding tert-OH is 1. The number of aromatic amines is 1. The number of fused-ring (bicyclic) bond motifs is 1. The van der Waals surface area contributed by atoms with Gasteiger partial charge in [-0.25, -0.2) is 18.3 Å². The molecule has 0 aliphatic carbocycles. The van der Waals surface area contributed by atoms with E-state index in [9.17, 15) is 19.3 Å². The molecule has 2 aromatic heterocycles. The van der Waals surface area contributed by atoms with Crippen LogP contribution in [0, 0.1) is 0 Å². The van der Waals surface area contributed by atoms with E-state index in [-0.39, 0.29) is 22.9 Å². The molecule has 0 radical (unpaired) electrons. The van der Waals surface area contributed by atoms with Crippen LogP contribution in [0.3, 0.4) is 0 Å². The lowest BCUT2D eigenvalue weighted by Gasteiger charge is -2.28. The fourth-order valence-electron chi connectivity index (χ4n) is 3.99. The van der Waals surface area contributed by atoms with Crippen molar-refractivity contribution < 1.29 is 41.8 Å². The molecule has 17 heteroatoms. The molecule has 0 bridgehead atoms. The third-order valence-electron chi connectivity index (χ3n) is 5.89. The van der Waals surface area contributed by atoms with Crippen molar-refractivity contribution in [1.29, 1.82) is 0 Å². The summed E-state index contributed by atoms with van der Waals surface area (Å²) in [5.41, 5.74) is 1.54. The van der Waals surface area contributed by atoms with Gasteiger partial charge >= 0.3 is 13.7 Å². The Balaban J connectivity index is 1.61. The molecule has 40 heavy (non-hydrogen) atoms. The van der Waals surface area contributed by atoms with Crippen LogP contribution in [0.2, 0.25) is 0 Å². The number of ether oxygens (including phenoxy) is 2. The Labute approximate surface area is 226 Å². The summed E-state index contributed by atoms with van der Waals surface area (Å²) in [5, 5.41) is 13.0. The summed E-state index contributed by atoms with van der Waals surface area (Å²) in [7, 11) is -4.59. The number of aliphatic hydroxyl groups is 1. The molecule has 0 saturated carbocycles. The van der Waals surface area contributed by atoms with Gasteiger partial charge in [-0.2, -0.15) is 10.1 Å². The SMILES string of the molecule is CC(C)OC(=O)C(C)NP(=O)(OC[C@@]1(F)O[C@@H](n2cnc3c(=O)[nH]c(N)nc32)[C@](C)(F)[C@@H]1O)Oc1ccccc1. The molecule has 14 nitrogen and oxygen atoms in total. The molecule has 3 aromatic rings. The van der Waals surface area contributed by atoms with Gasteiger partial charge in [0.05, 0.1) is 12.4 Å². The number of para-hydroxylation sites is 1. The number of nitrogens with two attached hydrogens (primary N) is 1. The van der Waals surface area contributed by atoms with E-state index in [1.54, 1.807) is 32.0 Å². The Morgan fingerprint density at radius 3 is 2.65 bits per heavy atom. The first-order valence-corrected chi connectivity index (χ1v) is 13.6. The number of hydrogen-bond acceptors (Lipinski definition) is 11. The summed E-state index contributed by atoms with van der Waals surface area (Å²) in [6.45, 7) is 4.09. The Kier molecular flexibility index (Phi) is 8.02. The average Bonchev–Trinajstić information content (AvgIpc) is 3.36. The van der Waals surface area contributed by atoms with E-state index >= 15 is 8.78 Å². The lowest BCUT2D eigenvalue weighted by Crippen LogP contribution is -2.47. The highest BCUT2D eigenvalue weighted by atomic mass is 31.2. The zero-order valence-corrected chi connectivity index (χ0v) is 22.8. The van der Waals surface area contributed by atoms with Crippen molar-refractivity contribution in [2.75, 3.05) is 12.3 Å². The second-order valence-corrected chi connectivity index (χ2v) is 11.3. The van der Waals surface area contributed by atoms with E-state index < -0.39 is 61.9 Å². The average molecular weight is 586 g/mol. The minimum atomic E-state index is -4.59. The van der Waals surface area contributed by atoms with Crippen molar-refractivity contribution in [3.05, 3.63) is 47.0 Å². The van der Waals surface area contributed by atoms with Crippen molar-refractivity contribution in [2.24, 2.45) is 0 Å². The smallest absolute Gasteiger partial charge is 0.459 e. The molecular weight excluding hydrogens is 557 g/mol. The van der Waals surface area contributed by atoms with Gasteiger partial charge in [0.1, 0.15) is 18.4 Å². The second kappa shape index (κ2) is 10.9. The van der Waals surface area contributed by atoms with Crippen LogP contribution in [-0.4, -0.2) is 67.0 Å². The van der Waals surface area contributed by atoms with E-state index in [1.807, 2.05) is 0 Å². The number of imidazole rings is 1. The molecule has 6 atom stereocenters. The Morgan fingerprint density at radius 2 is 2.00 bits per heavy atom. The minimum absolute atomic E-state index is 0.0375. The molecule has 1 saturated heterocycles. The number of nitrogen functional groups attached to an aromatic ring is 1. The molecule has 1 aliphatic heterocycles. The largest absolute Gasteiger partial charge is 0.462 e. The third-order valence-corrected chi connectivity index (χ3v) is 7.52. The number of halogens is 2. The van der Waals surface area contributed by atoms with E-state index in [2.05, 4.69) is 20.0 Å². The van der Waals surface area contributed by atoms with Gasteiger partial charge in [0, 0.05) is 0 Å². The van der Waals surface area contributed by atoms with Crippen LogP contribution in [0.15, 0.2) is 41.5 Å². The number of carbonyl (C=O) groups is 1. The monoisotopic (exact) mass is 586 g/mol. The van der Waals surface area contributed by atoms with Crippen LogP contribution < -0.4 is 20.9 Å². The van der Waals surface area contributed by atoms with Gasteiger partial charge in [0.15, 0.2) is 29.2 Å². The topological polar surface area (TPSA) is 193 Å². The molecule has 218 valence electrons. The zero-order chi connectivity index (χ0) is 29.5. The number of aromatic nitrogens is 4. The summed E-state index contributed by atoms with van der Waals surface area (Å²) in [6, 6.07) is 6.41. The van der Waals surface area contributed by atoms with Crippen LogP contribution >= 0.6 is 7.75 Å². The highest BCUT2D eigenvalue weighted by Crippen LogP contribution is 2.52. The van der Waals surface area contributed by atoms with Crippen LogP contribution in [0.4, 0.5) is 14.7 Å². The van der Waals surface area contributed by atoms with Gasteiger partial charge in [-0.3, -0.25) is 23.7 Å². The quantitative estimate of drug-likeness (QED) is 0.200. The normalized spacial score (nSPS) is 27.0. The minimum Gasteiger partial charge on any atom is -0.462 e. The Bertz CT molecular complexity index is 1490. The maximum atomic E-state index is 16.1. The first-order valence-electron chi connectivity index (χ1n) is 12.1.